The van der Waals surface area contributed by atoms with E-state index in [9.17, 15) is 8.42 Å². The van der Waals surface area contributed by atoms with E-state index in [0.29, 0.717) is 11.3 Å². The third-order valence-corrected chi connectivity index (χ3v) is 2.69. The fourth-order valence-corrected chi connectivity index (χ4v) is 1.33. The summed E-state index contributed by atoms with van der Waals surface area (Å²) in [5.41, 5.74) is 0.754. The zero-order valence-electron chi connectivity index (χ0n) is 7.51. The maximum Gasteiger partial charge on any atom is 0.298 e. The Labute approximate surface area is 82.5 Å². The summed E-state index contributed by atoms with van der Waals surface area (Å²) in [5.74, 6) is 0. The van der Waals surface area contributed by atoms with Crippen LogP contribution in [0, 0.1) is 11.3 Å². The molecule has 2 N–H and O–H groups in total. The summed E-state index contributed by atoms with van der Waals surface area (Å²) in [6.07, 6.45) is 0. The van der Waals surface area contributed by atoms with Crippen LogP contribution in [0.25, 0.3) is 0 Å². The third kappa shape index (κ3) is 2.22. The molecule has 0 saturated carbocycles. The Hall–Kier alpha value is -1.58. The van der Waals surface area contributed by atoms with Crippen LogP contribution in [-0.2, 0) is 10.2 Å². The van der Waals surface area contributed by atoms with Gasteiger partial charge in [-0.25, -0.2) is 5.14 Å². The largest absolute Gasteiger partial charge is 0.298 e. The fraction of sp³-hybridized carbons (Fsp3) is 0.125. The van der Waals surface area contributed by atoms with Gasteiger partial charge in [0.05, 0.1) is 17.3 Å². The van der Waals surface area contributed by atoms with E-state index in [4.69, 9.17) is 10.4 Å². The third-order valence-electron chi connectivity index (χ3n) is 1.72. The lowest BCUT2D eigenvalue weighted by Crippen LogP contribution is -2.33. The summed E-state index contributed by atoms with van der Waals surface area (Å²) >= 11 is 0. The van der Waals surface area contributed by atoms with E-state index in [1.54, 1.807) is 18.2 Å². The highest BCUT2D eigenvalue weighted by Crippen LogP contribution is 2.15. The number of rotatable bonds is 2. The standard InChI is InChI=1S/C8H9N3O2S/c1-11(14(10,12)13)8-4-2-3-7(5-8)6-9/h2-5H,1H3,(H2,10,12,13). The molecule has 14 heavy (non-hydrogen) atoms. The van der Waals surface area contributed by atoms with E-state index in [-0.39, 0.29) is 0 Å². The normalized spacial score (nSPS) is 10.6. The van der Waals surface area contributed by atoms with Crippen molar-refractivity contribution in [3.05, 3.63) is 29.8 Å². The van der Waals surface area contributed by atoms with Crippen molar-refractivity contribution >= 4 is 15.9 Å². The van der Waals surface area contributed by atoms with Gasteiger partial charge < -0.3 is 0 Å². The number of nitriles is 1. The predicted molar refractivity (Wildman–Crippen MR) is 52.7 cm³/mol. The summed E-state index contributed by atoms with van der Waals surface area (Å²) in [7, 11) is -2.43. The van der Waals surface area contributed by atoms with Crippen molar-refractivity contribution in [3.8, 4) is 6.07 Å². The Bertz CT molecular complexity index is 476. The second kappa shape index (κ2) is 3.65. The van der Waals surface area contributed by atoms with Crippen molar-refractivity contribution in [3.63, 3.8) is 0 Å². The van der Waals surface area contributed by atoms with Crippen molar-refractivity contribution in [1.82, 2.24) is 0 Å². The van der Waals surface area contributed by atoms with Gasteiger partial charge in [0.15, 0.2) is 0 Å². The van der Waals surface area contributed by atoms with Crippen molar-refractivity contribution in [1.29, 1.82) is 5.26 Å². The average molecular weight is 211 g/mol. The zero-order chi connectivity index (χ0) is 10.8. The molecule has 0 radical (unpaired) electrons. The first-order valence-electron chi connectivity index (χ1n) is 3.72. The molecule has 5 nitrogen and oxygen atoms in total. The van der Waals surface area contributed by atoms with Crippen LogP contribution in [0.5, 0.6) is 0 Å². The number of nitrogens with zero attached hydrogens (tertiary/aromatic N) is 2. The zero-order valence-corrected chi connectivity index (χ0v) is 8.32. The van der Waals surface area contributed by atoms with Crippen LogP contribution in [0.2, 0.25) is 0 Å². The topological polar surface area (TPSA) is 87.2 Å². The van der Waals surface area contributed by atoms with E-state index in [2.05, 4.69) is 0 Å². The monoisotopic (exact) mass is 211 g/mol. The Morgan fingerprint density at radius 1 is 1.50 bits per heavy atom. The van der Waals surface area contributed by atoms with Gasteiger partial charge in [-0.1, -0.05) is 6.07 Å². The fourth-order valence-electron chi connectivity index (χ4n) is 0.918. The molecule has 0 bridgehead atoms. The van der Waals surface area contributed by atoms with E-state index in [1.807, 2.05) is 6.07 Å². The molecule has 0 saturated heterocycles. The van der Waals surface area contributed by atoms with Gasteiger partial charge in [0.2, 0.25) is 0 Å². The molecule has 0 fully saturated rings. The minimum atomic E-state index is -3.76. The van der Waals surface area contributed by atoms with Gasteiger partial charge in [-0.05, 0) is 18.2 Å². The van der Waals surface area contributed by atoms with Crippen molar-refractivity contribution in [2.75, 3.05) is 11.4 Å². The second-order valence-corrected chi connectivity index (χ2v) is 4.25. The van der Waals surface area contributed by atoms with E-state index in [1.165, 1.54) is 13.1 Å². The molecule has 1 rings (SSSR count). The van der Waals surface area contributed by atoms with Crippen molar-refractivity contribution < 1.29 is 8.42 Å². The lowest BCUT2D eigenvalue weighted by atomic mass is 10.2. The number of benzene rings is 1. The summed E-state index contributed by atoms with van der Waals surface area (Å²) in [6, 6.07) is 8.10. The Morgan fingerprint density at radius 2 is 2.14 bits per heavy atom. The lowest BCUT2D eigenvalue weighted by Gasteiger charge is -2.15. The molecule has 1 aromatic rings. The Morgan fingerprint density at radius 3 is 2.64 bits per heavy atom. The number of nitrogens with two attached hydrogens (primary N) is 1. The predicted octanol–water partition coefficient (Wildman–Crippen LogP) is 0.198. The van der Waals surface area contributed by atoms with Gasteiger partial charge in [-0.2, -0.15) is 13.7 Å². The van der Waals surface area contributed by atoms with Crippen LogP contribution >= 0.6 is 0 Å². The van der Waals surface area contributed by atoms with Crippen LogP contribution in [-0.4, -0.2) is 15.5 Å². The number of hydrogen-bond donors (Lipinski definition) is 1. The molecule has 0 aliphatic rings. The summed E-state index contributed by atoms with van der Waals surface area (Å²) in [5, 5.41) is 13.5. The first kappa shape index (κ1) is 10.5. The Kier molecular flexibility index (Phi) is 2.74. The van der Waals surface area contributed by atoms with Gasteiger partial charge in [-0.3, -0.25) is 4.31 Å². The second-order valence-electron chi connectivity index (χ2n) is 2.67. The first-order chi connectivity index (χ1) is 6.45. The molecule has 0 unspecified atom stereocenters. The molecule has 0 heterocycles. The lowest BCUT2D eigenvalue weighted by molar-refractivity contribution is 0.596. The molecule has 0 aliphatic heterocycles. The molecule has 0 aliphatic carbocycles. The van der Waals surface area contributed by atoms with Crippen LogP contribution < -0.4 is 9.44 Å². The summed E-state index contributed by atoms with van der Waals surface area (Å²) in [4.78, 5) is 0. The number of hydrogen-bond acceptors (Lipinski definition) is 3. The van der Waals surface area contributed by atoms with Crippen molar-refractivity contribution in [2.24, 2.45) is 5.14 Å². The SMILES string of the molecule is CN(c1cccc(C#N)c1)S(N)(=O)=O. The molecule has 0 aromatic heterocycles. The van der Waals surface area contributed by atoms with Gasteiger partial charge in [-0.15, -0.1) is 0 Å². The minimum absolute atomic E-state index is 0.367. The summed E-state index contributed by atoms with van der Waals surface area (Å²) in [6.45, 7) is 0. The van der Waals surface area contributed by atoms with Crippen LogP contribution in [0.1, 0.15) is 5.56 Å². The highest BCUT2D eigenvalue weighted by atomic mass is 32.2. The maximum absolute atomic E-state index is 11.0. The van der Waals surface area contributed by atoms with Gasteiger partial charge in [0.25, 0.3) is 10.2 Å². The molecule has 6 heteroatoms. The maximum atomic E-state index is 11.0. The summed E-state index contributed by atoms with van der Waals surface area (Å²) < 4.78 is 22.8. The quantitative estimate of drug-likeness (QED) is 0.757. The van der Waals surface area contributed by atoms with Gasteiger partial charge in [0, 0.05) is 7.05 Å². The van der Waals surface area contributed by atoms with Crippen LogP contribution in [0.15, 0.2) is 24.3 Å². The molecule has 1 aromatic carbocycles. The van der Waals surface area contributed by atoms with Crippen molar-refractivity contribution in [2.45, 2.75) is 0 Å². The average Bonchev–Trinajstić information content (AvgIpc) is 2.15. The molecule has 74 valence electrons. The number of anilines is 1. The van der Waals surface area contributed by atoms with E-state index < -0.39 is 10.2 Å². The Balaban J connectivity index is 3.16. The highest BCUT2D eigenvalue weighted by molar-refractivity contribution is 7.90. The smallest absolute Gasteiger partial charge is 0.261 e. The van der Waals surface area contributed by atoms with Gasteiger partial charge >= 0.3 is 0 Å². The molecular formula is C8H9N3O2S. The molecule has 0 spiro atoms. The van der Waals surface area contributed by atoms with Crippen LogP contribution in [0.3, 0.4) is 0 Å². The molecule has 0 atom stereocenters. The minimum Gasteiger partial charge on any atom is -0.261 e. The first-order valence-corrected chi connectivity index (χ1v) is 5.22. The highest BCUT2D eigenvalue weighted by Gasteiger charge is 2.12. The molecular weight excluding hydrogens is 202 g/mol. The van der Waals surface area contributed by atoms with E-state index in [0.717, 1.165) is 4.31 Å². The molecule has 0 amide bonds. The van der Waals surface area contributed by atoms with E-state index >= 15 is 0 Å². The van der Waals surface area contributed by atoms with Gasteiger partial charge in [0.1, 0.15) is 0 Å². The van der Waals surface area contributed by atoms with Crippen LogP contribution in [0.4, 0.5) is 5.69 Å².